The van der Waals surface area contributed by atoms with Crippen LogP contribution in [-0.2, 0) is 4.74 Å². The molecule has 0 aromatic heterocycles. The number of carbonyl (C=O) groups excluding carboxylic acids is 1. The normalized spacial score (nSPS) is 11.1. The van der Waals surface area contributed by atoms with Gasteiger partial charge in [0.25, 0.3) is 0 Å². The highest BCUT2D eigenvalue weighted by molar-refractivity contribution is 5.89. The fourth-order valence-corrected chi connectivity index (χ4v) is 1.61. The van der Waals surface area contributed by atoms with Gasteiger partial charge in [-0.05, 0) is 24.3 Å². The molecule has 4 nitrogen and oxygen atoms in total. The van der Waals surface area contributed by atoms with E-state index in [1.165, 1.54) is 13.3 Å². The van der Waals surface area contributed by atoms with Crippen LogP contribution in [0.25, 0.3) is 0 Å². The quantitative estimate of drug-likeness (QED) is 0.278. The third kappa shape index (κ3) is 3.19. The van der Waals surface area contributed by atoms with Crippen molar-refractivity contribution in [3.05, 3.63) is 70.9 Å². The summed E-state index contributed by atoms with van der Waals surface area (Å²) < 4.78 is 5.35. The number of methoxy groups -OCH3 is 1. The molecule has 0 amide bonds. The molecule has 0 heterocycles. The van der Waals surface area contributed by atoms with Crippen LogP contribution in [0.1, 0.15) is 15.9 Å². The van der Waals surface area contributed by atoms with Crippen molar-refractivity contribution < 1.29 is 14.3 Å². The Kier molecular flexibility index (Phi) is 3.93. The molecule has 0 radical (unpaired) electrons. The van der Waals surface area contributed by atoms with Gasteiger partial charge in [-0.15, -0.1) is 0 Å². The van der Waals surface area contributed by atoms with Gasteiger partial charge >= 0.3 is 5.97 Å². The minimum atomic E-state index is -0.420. The maximum atomic E-state index is 11.9. The summed E-state index contributed by atoms with van der Waals surface area (Å²) in [5.74, 6) is -0.420. The summed E-state index contributed by atoms with van der Waals surface area (Å²) in [6.07, 6.45) is 1.48. The molecule has 0 spiro atoms. The van der Waals surface area contributed by atoms with Crippen molar-refractivity contribution in [2.75, 3.05) is 7.11 Å². The van der Waals surface area contributed by atoms with E-state index in [1.807, 2.05) is 30.3 Å². The molecule has 0 saturated carbocycles. The molecule has 0 aliphatic heterocycles. The van der Waals surface area contributed by atoms with Crippen LogP contribution in [0.15, 0.2) is 54.6 Å². The first-order valence-corrected chi connectivity index (χ1v) is 5.75. The molecule has 0 N–H and O–H groups in total. The molecule has 2 rings (SSSR count). The molecule has 0 saturated heterocycles. The molecule has 2 aromatic rings. The lowest BCUT2D eigenvalue weighted by Crippen LogP contribution is -2.02. The predicted molar refractivity (Wildman–Crippen MR) is 72.7 cm³/mol. The van der Waals surface area contributed by atoms with Gasteiger partial charge in [0.1, 0.15) is 0 Å². The summed E-state index contributed by atoms with van der Waals surface area (Å²) in [6.45, 7) is 0. The topological polar surface area (TPSA) is 52.4 Å². The van der Waals surface area contributed by atoms with E-state index >= 15 is 0 Å². The summed E-state index contributed by atoms with van der Waals surface area (Å²) >= 11 is 0. The smallest absolute Gasteiger partial charge is 0.337 e. The summed E-state index contributed by atoms with van der Waals surface area (Å²) in [5, 5.41) is 11.9. The van der Waals surface area contributed by atoms with Gasteiger partial charge in [0.15, 0.2) is 6.21 Å². The molecular weight excluding hydrogens is 242 g/mol. The maximum absolute atomic E-state index is 11.9. The van der Waals surface area contributed by atoms with Crippen LogP contribution < -0.4 is 0 Å². The summed E-state index contributed by atoms with van der Waals surface area (Å²) in [5.41, 5.74) is 1.69. The SMILES string of the molecule is COC(=O)c1ccc(/[N+]([O-])=C/c2ccccc2)cc1. The Morgan fingerprint density at radius 2 is 1.74 bits per heavy atom. The minimum absolute atomic E-state index is 0.416. The number of benzene rings is 2. The van der Waals surface area contributed by atoms with Gasteiger partial charge < -0.3 is 9.94 Å². The van der Waals surface area contributed by atoms with E-state index in [0.29, 0.717) is 11.3 Å². The highest BCUT2D eigenvalue weighted by Crippen LogP contribution is 2.13. The van der Waals surface area contributed by atoms with Crippen LogP contribution in [0.4, 0.5) is 5.69 Å². The van der Waals surface area contributed by atoms with Crippen LogP contribution in [0.2, 0.25) is 0 Å². The van der Waals surface area contributed by atoms with E-state index in [2.05, 4.69) is 4.74 Å². The number of hydrogen-bond acceptors (Lipinski definition) is 3. The first-order chi connectivity index (χ1) is 9.20. The molecule has 0 atom stereocenters. The third-order valence-corrected chi connectivity index (χ3v) is 2.61. The summed E-state index contributed by atoms with van der Waals surface area (Å²) in [4.78, 5) is 11.3. The van der Waals surface area contributed by atoms with Crippen LogP contribution in [-0.4, -0.2) is 24.0 Å². The van der Waals surface area contributed by atoms with Crippen LogP contribution in [0.3, 0.4) is 0 Å². The third-order valence-electron chi connectivity index (χ3n) is 2.61. The van der Waals surface area contributed by atoms with Gasteiger partial charge in [-0.1, -0.05) is 18.2 Å². The van der Waals surface area contributed by atoms with E-state index in [0.717, 1.165) is 10.3 Å². The Bertz CT molecular complexity index is 589. The van der Waals surface area contributed by atoms with Crippen molar-refractivity contribution >= 4 is 17.9 Å². The summed E-state index contributed by atoms with van der Waals surface area (Å²) in [6, 6.07) is 15.6. The van der Waals surface area contributed by atoms with Crippen molar-refractivity contribution in [1.29, 1.82) is 0 Å². The molecule has 0 bridgehead atoms. The molecule has 4 heteroatoms. The second-order valence-electron chi connectivity index (χ2n) is 3.90. The standard InChI is InChI=1S/C15H13NO3/c1-19-15(17)13-7-9-14(10-8-13)16(18)11-12-5-3-2-4-6-12/h2-11H,1H3/b16-11-. The molecular formula is C15H13NO3. The van der Waals surface area contributed by atoms with Crippen molar-refractivity contribution in [2.24, 2.45) is 0 Å². The lowest BCUT2D eigenvalue weighted by Gasteiger charge is -2.04. The van der Waals surface area contributed by atoms with Crippen LogP contribution >= 0.6 is 0 Å². The second-order valence-corrected chi connectivity index (χ2v) is 3.90. The molecule has 0 unspecified atom stereocenters. The molecule has 96 valence electrons. The fourth-order valence-electron chi connectivity index (χ4n) is 1.61. The lowest BCUT2D eigenvalue weighted by molar-refractivity contribution is -0.354. The van der Waals surface area contributed by atoms with E-state index in [4.69, 9.17) is 0 Å². The second kappa shape index (κ2) is 5.82. The van der Waals surface area contributed by atoms with Gasteiger partial charge in [-0.3, -0.25) is 0 Å². The van der Waals surface area contributed by atoms with Crippen molar-refractivity contribution in [3.8, 4) is 0 Å². The lowest BCUT2D eigenvalue weighted by atomic mass is 10.2. The Labute approximate surface area is 111 Å². The van der Waals surface area contributed by atoms with Crippen molar-refractivity contribution in [2.45, 2.75) is 0 Å². The maximum Gasteiger partial charge on any atom is 0.337 e. The predicted octanol–water partition coefficient (Wildman–Crippen LogP) is 2.73. The minimum Gasteiger partial charge on any atom is -0.618 e. The molecule has 0 fully saturated rings. The van der Waals surface area contributed by atoms with Crippen LogP contribution in [0, 0.1) is 5.21 Å². The molecule has 2 aromatic carbocycles. The van der Waals surface area contributed by atoms with Crippen molar-refractivity contribution in [1.82, 2.24) is 0 Å². The zero-order valence-corrected chi connectivity index (χ0v) is 10.4. The molecule has 19 heavy (non-hydrogen) atoms. The zero-order valence-electron chi connectivity index (χ0n) is 10.4. The van der Waals surface area contributed by atoms with Crippen molar-refractivity contribution in [3.63, 3.8) is 0 Å². The Morgan fingerprint density at radius 3 is 2.32 bits per heavy atom. The zero-order chi connectivity index (χ0) is 13.7. The van der Waals surface area contributed by atoms with E-state index in [1.54, 1.807) is 24.3 Å². The average Bonchev–Trinajstić information content (AvgIpc) is 2.47. The highest BCUT2D eigenvalue weighted by atomic mass is 16.5. The average molecular weight is 255 g/mol. The van der Waals surface area contributed by atoms with Gasteiger partial charge in [0.05, 0.1) is 12.7 Å². The number of hydrogen-bond donors (Lipinski definition) is 0. The van der Waals surface area contributed by atoms with E-state index in [9.17, 15) is 10.0 Å². The fraction of sp³-hybridized carbons (Fsp3) is 0.0667. The Hall–Kier alpha value is -2.62. The Morgan fingerprint density at radius 1 is 1.11 bits per heavy atom. The van der Waals surface area contributed by atoms with Gasteiger partial charge in [0.2, 0.25) is 5.69 Å². The number of carbonyl (C=O) groups is 1. The van der Waals surface area contributed by atoms with Gasteiger partial charge in [-0.25, -0.2) is 4.79 Å². The first kappa shape index (κ1) is 12.8. The molecule has 0 aliphatic carbocycles. The van der Waals surface area contributed by atoms with E-state index in [-0.39, 0.29) is 0 Å². The number of ether oxygens (including phenoxy) is 1. The summed E-state index contributed by atoms with van der Waals surface area (Å²) in [7, 11) is 1.32. The monoisotopic (exact) mass is 255 g/mol. The number of nitrogens with zero attached hydrogens (tertiary/aromatic N) is 1. The first-order valence-electron chi connectivity index (χ1n) is 5.75. The van der Waals surface area contributed by atoms with Gasteiger partial charge in [-0.2, -0.15) is 4.74 Å². The molecule has 0 aliphatic rings. The number of rotatable bonds is 3. The van der Waals surface area contributed by atoms with Gasteiger partial charge in [0, 0.05) is 17.7 Å². The number of esters is 1. The Balaban J connectivity index is 2.23. The highest BCUT2D eigenvalue weighted by Gasteiger charge is 2.07. The largest absolute Gasteiger partial charge is 0.618 e. The van der Waals surface area contributed by atoms with Crippen LogP contribution in [0.5, 0.6) is 0 Å². The van der Waals surface area contributed by atoms with E-state index < -0.39 is 5.97 Å².